The van der Waals surface area contributed by atoms with Crippen molar-refractivity contribution in [2.24, 2.45) is 0 Å². The lowest BCUT2D eigenvalue weighted by Crippen LogP contribution is -3.12. The van der Waals surface area contributed by atoms with Gasteiger partial charge in [-0.1, -0.05) is 30.3 Å². The summed E-state index contributed by atoms with van der Waals surface area (Å²) < 4.78 is 10.7. The van der Waals surface area contributed by atoms with E-state index in [9.17, 15) is 4.79 Å². The third-order valence-corrected chi connectivity index (χ3v) is 5.80. The Morgan fingerprint density at radius 3 is 2.50 bits per heavy atom. The lowest BCUT2D eigenvalue weighted by Gasteiger charge is -2.30. The SMILES string of the molecule is COc1ccc(C[NH+](C)CC(=O)NC2CC[NH+](Cc3ccccc3)CC2)c(OC)c1. The highest BCUT2D eigenvalue weighted by Crippen LogP contribution is 2.23. The summed E-state index contributed by atoms with van der Waals surface area (Å²) in [6, 6.07) is 16.7. The van der Waals surface area contributed by atoms with Gasteiger partial charge in [-0.2, -0.15) is 0 Å². The van der Waals surface area contributed by atoms with Crippen molar-refractivity contribution in [1.82, 2.24) is 5.32 Å². The first-order valence-electron chi connectivity index (χ1n) is 10.8. The van der Waals surface area contributed by atoms with Crippen LogP contribution < -0.4 is 24.6 Å². The van der Waals surface area contributed by atoms with E-state index in [4.69, 9.17) is 9.47 Å². The molecule has 6 nitrogen and oxygen atoms in total. The Morgan fingerprint density at radius 1 is 1.10 bits per heavy atom. The summed E-state index contributed by atoms with van der Waals surface area (Å²) in [6.07, 6.45) is 2.08. The van der Waals surface area contributed by atoms with Crippen LogP contribution in [0.2, 0.25) is 0 Å². The van der Waals surface area contributed by atoms with Crippen molar-refractivity contribution >= 4 is 5.91 Å². The Labute approximate surface area is 179 Å². The summed E-state index contributed by atoms with van der Waals surface area (Å²) in [5, 5.41) is 3.24. The molecule has 2 aromatic rings. The molecule has 0 aliphatic carbocycles. The van der Waals surface area contributed by atoms with E-state index < -0.39 is 0 Å². The van der Waals surface area contributed by atoms with Crippen molar-refractivity contribution in [3.63, 3.8) is 0 Å². The molecular weight excluding hydrogens is 378 g/mol. The maximum Gasteiger partial charge on any atom is 0.275 e. The normalized spacial score (nSPS) is 19.7. The van der Waals surface area contributed by atoms with Crippen molar-refractivity contribution in [3.8, 4) is 11.5 Å². The van der Waals surface area contributed by atoms with Crippen LogP contribution in [0.15, 0.2) is 48.5 Å². The topological polar surface area (TPSA) is 56.4 Å². The summed E-state index contributed by atoms with van der Waals surface area (Å²) in [7, 11) is 5.34. The van der Waals surface area contributed by atoms with Crippen LogP contribution in [-0.2, 0) is 17.9 Å². The molecule has 6 heteroatoms. The first-order chi connectivity index (χ1) is 14.6. The molecule has 1 atom stereocenters. The number of hydrogen-bond donors (Lipinski definition) is 3. The van der Waals surface area contributed by atoms with Gasteiger partial charge in [0.1, 0.15) is 24.6 Å². The molecule has 1 heterocycles. The number of ether oxygens (including phenoxy) is 2. The lowest BCUT2D eigenvalue weighted by atomic mass is 10.0. The molecule has 3 N–H and O–H groups in total. The summed E-state index contributed by atoms with van der Waals surface area (Å²) in [6.45, 7) is 4.45. The van der Waals surface area contributed by atoms with Gasteiger partial charge in [-0.15, -0.1) is 0 Å². The van der Waals surface area contributed by atoms with E-state index >= 15 is 0 Å². The van der Waals surface area contributed by atoms with Gasteiger partial charge < -0.3 is 24.6 Å². The second-order valence-electron chi connectivity index (χ2n) is 8.24. The molecule has 30 heavy (non-hydrogen) atoms. The number of likely N-dealkylation sites (tertiary alicyclic amines) is 1. The number of hydrogen-bond acceptors (Lipinski definition) is 3. The Hall–Kier alpha value is -2.57. The van der Waals surface area contributed by atoms with Crippen molar-refractivity contribution in [2.45, 2.75) is 32.0 Å². The fourth-order valence-electron chi connectivity index (χ4n) is 4.17. The maximum absolute atomic E-state index is 12.5. The molecule has 2 aromatic carbocycles. The van der Waals surface area contributed by atoms with Gasteiger partial charge in [-0.25, -0.2) is 0 Å². The second kappa shape index (κ2) is 11.0. The Balaban J connectivity index is 1.41. The number of nitrogens with one attached hydrogen (secondary N) is 3. The van der Waals surface area contributed by atoms with E-state index in [2.05, 4.69) is 35.6 Å². The molecule has 162 valence electrons. The molecular formula is C24H35N3O3+2. The molecule has 1 amide bonds. The van der Waals surface area contributed by atoms with Gasteiger partial charge in [0.05, 0.1) is 34.4 Å². The number of amides is 1. The van der Waals surface area contributed by atoms with E-state index in [1.807, 2.05) is 25.2 Å². The summed E-state index contributed by atoms with van der Waals surface area (Å²) in [4.78, 5) is 15.3. The van der Waals surface area contributed by atoms with Crippen molar-refractivity contribution in [1.29, 1.82) is 0 Å². The average molecular weight is 414 g/mol. The van der Waals surface area contributed by atoms with E-state index in [1.54, 1.807) is 19.1 Å². The highest BCUT2D eigenvalue weighted by atomic mass is 16.5. The smallest absolute Gasteiger partial charge is 0.275 e. The van der Waals surface area contributed by atoms with Gasteiger partial charge in [-0.3, -0.25) is 4.79 Å². The van der Waals surface area contributed by atoms with E-state index in [0.717, 1.165) is 61.0 Å². The van der Waals surface area contributed by atoms with Gasteiger partial charge in [0.2, 0.25) is 0 Å². The van der Waals surface area contributed by atoms with Crippen LogP contribution in [0, 0.1) is 0 Å². The maximum atomic E-state index is 12.5. The van der Waals surface area contributed by atoms with Crippen LogP contribution in [0.5, 0.6) is 11.5 Å². The summed E-state index contributed by atoms with van der Waals surface area (Å²) in [5.41, 5.74) is 2.45. The van der Waals surface area contributed by atoms with Gasteiger partial charge in [0.15, 0.2) is 6.54 Å². The molecule has 1 unspecified atom stereocenters. The number of methoxy groups -OCH3 is 2. The van der Waals surface area contributed by atoms with Crippen molar-refractivity contribution < 1.29 is 24.1 Å². The third kappa shape index (κ3) is 6.47. The van der Waals surface area contributed by atoms with Gasteiger partial charge in [0.25, 0.3) is 5.91 Å². The lowest BCUT2D eigenvalue weighted by molar-refractivity contribution is -0.918. The molecule has 1 aliphatic rings. The Morgan fingerprint density at radius 2 is 1.83 bits per heavy atom. The number of quaternary nitrogens is 2. The highest BCUT2D eigenvalue weighted by Gasteiger charge is 2.24. The molecule has 0 bridgehead atoms. The zero-order chi connectivity index (χ0) is 21.3. The fraction of sp³-hybridized carbons (Fsp3) is 0.458. The zero-order valence-corrected chi connectivity index (χ0v) is 18.4. The number of carbonyl (C=O) groups is 1. The van der Waals surface area contributed by atoms with Crippen LogP contribution in [0.3, 0.4) is 0 Å². The summed E-state index contributed by atoms with van der Waals surface area (Å²) >= 11 is 0. The standard InChI is InChI=1S/C24H33N3O3/c1-26(17-20-9-10-22(29-2)15-23(20)30-3)18-24(28)25-21-11-13-27(14-12-21)16-19-7-5-4-6-8-19/h4-10,15,21H,11-14,16-18H2,1-3H3,(H,25,28)/p+2. The van der Waals surface area contributed by atoms with E-state index in [0.29, 0.717) is 12.6 Å². The molecule has 0 spiro atoms. The van der Waals surface area contributed by atoms with E-state index in [1.165, 1.54) is 5.56 Å². The minimum Gasteiger partial charge on any atom is -0.497 e. The van der Waals surface area contributed by atoms with Crippen LogP contribution in [0.25, 0.3) is 0 Å². The van der Waals surface area contributed by atoms with Gasteiger partial charge >= 0.3 is 0 Å². The Kier molecular flexibility index (Phi) is 8.11. The number of carbonyl (C=O) groups excluding carboxylic acids is 1. The minimum atomic E-state index is 0.122. The predicted octanol–water partition coefficient (Wildman–Crippen LogP) is 0.0822. The first kappa shape index (κ1) is 22.1. The number of benzene rings is 2. The van der Waals surface area contributed by atoms with Crippen LogP contribution >= 0.6 is 0 Å². The van der Waals surface area contributed by atoms with Crippen LogP contribution in [0.1, 0.15) is 24.0 Å². The second-order valence-corrected chi connectivity index (χ2v) is 8.24. The molecule has 0 aromatic heterocycles. The molecule has 1 fully saturated rings. The predicted molar refractivity (Wildman–Crippen MR) is 117 cm³/mol. The van der Waals surface area contributed by atoms with Crippen molar-refractivity contribution in [3.05, 3.63) is 59.7 Å². The molecule has 1 aliphatic heterocycles. The molecule has 0 radical (unpaired) electrons. The number of likely N-dealkylation sites (N-methyl/N-ethyl adjacent to an activating group) is 1. The first-order valence-corrected chi connectivity index (χ1v) is 10.8. The zero-order valence-electron chi connectivity index (χ0n) is 18.4. The van der Waals surface area contributed by atoms with Gasteiger partial charge in [-0.05, 0) is 12.1 Å². The highest BCUT2D eigenvalue weighted by molar-refractivity contribution is 5.77. The van der Waals surface area contributed by atoms with Gasteiger partial charge in [0, 0.05) is 36.1 Å². The largest absolute Gasteiger partial charge is 0.497 e. The fourth-order valence-corrected chi connectivity index (χ4v) is 4.17. The van der Waals surface area contributed by atoms with Crippen LogP contribution in [-0.4, -0.2) is 52.9 Å². The monoisotopic (exact) mass is 413 g/mol. The van der Waals surface area contributed by atoms with Crippen LogP contribution in [0.4, 0.5) is 0 Å². The van der Waals surface area contributed by atoms with Crippen molar-refractivity contribution in [2.75, 3.05) is 40.9 Å². The molecule has 0 saturated carbocycles. The molecule has 1 saturated heterocycles. The van der Waals surface area contributed by atoms with E-state index in [-0.39, 0.29) is 5.91 Å². The molecule has 3 rings (SSSR count). The minimum absolute atomic E-state index is 0.122. The third-order valence-electron chi connectivity index (χ3n) is 5.80. The number of rotatable bonds is 9. The number of piperidine rings is 1. The summed E-state index contributed by atoms with van der Waals surface area (Å²) in [5.74, 6) is 1.69. The Bertz CT molecular complexity index is 805. The average Bonchev–Trinajstić information content (AvgIpc) is 2.76. The quantitative estimate of drug-likeness (QED) is 0.546.